The smallest absolute Gasteiger partial charge is 0.163 e. The summed E-state index contributed by atoms with van der Waals surface area (Å²) >= 11 is 0. The third-order valence-corrected chi connectivity index (χ3v) is 2.32. The molecular weight excluding hydrogens is 159 g/mol. The molecule has 12 heavy (non-hydrogen) atoms. The normalized spacial score (nSPS) is 22.2. The van der Waals surface area contributed by atoms with Crippen molar-refractivity contribution >= 4 is 5.78 Å². The Morgan fingerprint density at radius 3 is 2.67 bits per heavy atom. The maximum Gasteiger partial charge on any atom is 0.163 e. The van der Waals surface area contributed by atoms with Gasteiger partial charge in [-0.1, -0.05) is 0 Å². The molecule has 0 aromatic carbocycles. The molecular formula is C9H15FO2. The van der Waals surface area contributed by atoms with E-state index in [0.29, 0.717) is 12.3 Å². The lowest BCUT2D eigenvalue weighted by molar-refractivity contribution is -0.122. The molecule has 1 rings (SSSR count). The summed E-state index contributed by atoms with van der Waals surface area (Å²) in [4.78, 5) is 10.6. The van der Waals surface area contributed by atoms with Gasteiger partial charge >= 0.3 is 0 Å². The van der Waals surface area contributed by atoms with Gasteiger partial charge in [-0.3, -0.25) is 4.79 Å². The summed E-state index contributed by atoms with van der Waals surface area (Å²) in [6.45, 7) is 2.74. The van der Waals surface area contributed by atoms with Crippen molar-refractivity contribution in [1.82, 2.24) is 0 Å². The molecule has 0 radical (unpaired) electrons. The standard InChI is InChI=1S/C9H15FO2/c1-7(11)9(10)6-8-2-4-12-5-3-8/h8-9H,2-6H2,1H3. The summed E-state index contributed by atoms with van der Waals surface area (Å²) in [7, 11) is 0. The highest BCUT2D eigenvalue weighted by Crippen LogP contribution is 2.21. The van der Waals surface area contributed by atoms with E-state index in [0.717, 1.165) is 26.1 Å². The Morgan fingerprint density at radius 2 is 2.17 bits per heavy atom. The van der Waals surface area contributed by atoms with Gasteiger partial charge < -0.3 is 4.74 Å². The van der Waals surface area contributed by atoms with Crippen LogP contribution in [0.15, 0.2) is 0 Å². The fraction of sp³-hybridized carbons (Fsp3) is 0.889. The molecule has 0 spiro atoms. The second-order valence-electron chi connectivity index (χ2n) is 3.37. The van der Waals surface area contributed by atoms with E-state index in [1.807, 2.05) is 0 Å². The molecule has 70 valence electrons. The first-order valence-electron chi connectivity index (χ1n) is 4.42. The third kappa shape index (κ3) is 2.89. The molecule has 1 aliphatic heterocycles. The van der Waals surface area contributed by atoms with E-state index >= 15 is 0 Å². The van der Waals surface area contributed by atoms with E-state index in [9.17, 15) is 9.18 Å². The predicted molar refractivity (Wildman–Crippen MR) is 43.7 cm³/mol. The largest absolute Gasteiger partial charge is 0.381 e. The molecule has 0 aromatic heterocycles. The van der Waals surface area contributed by atoms with Crippen LogP contribution in [-0.4, -0.2) is 25.2 Å². The Kier molecular flexibility index (Phi) is 3.66. The van der Waals surface area contributed by atoms with Crippen LogP contribution in [0.25, 0.3) is 0 Å². The zero-order valence-electron chi connectivity index (χ0n) is 7.38. The Morgan fingerprint density at radius 1 is 1.58 bits per heavy atom. The summed E-state index contributed by atoms with van der Waals surface area (Å²) in [6, 6.07) is 0. The molecule has 0 bridgehead atoms. The first-order chi connectivity index (χ1) is 5.70. The van der Waals surface area contributed by atoms with Crippen molar-refractivity contribution < 1.29 is 13.9 Å². The zero-order valence-corrected chi connectivity index (χ0v) is 7.38. The van der Waals surface area contributed by atoms with Crippen LogP contribution in [-0.2, 0) is 9.53 Å². The minimum Gasteiger partial charge on any atom is -0.381 e. The number of carbonyl (C=O) groups is 1. The first-order valence-corrected chi connectivity index (χ1v) is 4.42. The quantitative estimate of drug-likeness (QED) is 0.651. The van der Waals surface area contributed by atoms with E-state index in [1.165, 1.54) is 6.92 Å². The van der Waals surface area contributed by atoms with Crippen molar-refractivity contribution in [1.29, 1.82) is 0 Å². The van der Waals surface area contributed by atoms with Crippen molar-refractivity contribution in [3.8, 4) is 0 Å². The fourth-order valence-corrected chi connectivity index (χ4v) is 1.44. The maximum absolute atomic E-state index is 12.9. The maximum atomic E-state index is 12.9. The SMILES string of the molecule is CC(=O)C(F)CC1CCOCC1. The highest BCUT2D eigenvalue weighted by atomic mass is 19.1. The Labute approximate surface area is 72.1 Å². The van der Waals surface area contributed by atoms with Crippen LogP contribution in [0.1, 0.15) is 26.2 Å². The number of hydrogen-bond acceptors (Lipinski definition) is 2. The summed E-state index contributed by atoms with van der Waals surface area (Å²) in [5.74, 6) is -0.000795. The van der Waals surface area contributed by atoms with E-state index in [-0.39, 0.29) is 5.78 Å². The number of ketones is 1. The molecule has 0 amide bonds. The van der Waals surface area contributed by atoms with Crippen LogP contribution in [0, 0.1) is 5.92 Å². The van der Waals surface area contributed by atoms with E-state index in [2.05, 4.69) is 0 Å². The van der Waals surface area contributed by atoms with Gasteiger partial charge in [0, 0.05) is 13.2 Å². The van der Waals surface area contributed by atoms with Gasteiger partial charge in [-0.15, -0.1) is 0 Å². The monoisotopic (exact) mass is 174 g/mol. The van der Waals surface area contributed by atoms with Gasteiger partial charge in [0.2, 0.25) is 0 Å². The second-order valence-corrected chi connectivity index (χ2v) is 3.37. The summed E-state index contributed by atoms with van der Waals surface area (Å²) in [5.41, 5.74) is 0. The van der Waals surface area contributed by atoms with Gasteiger partial charge in [0.05, 0.1) is 0 Å². The zero-order chi connectivity index (χ0) is 8.97. The minimum atomic E-state index is -1.26. The Balaban J connectivity index is 2.24. The van der Waals surface area contributed by atoms with Crippen LogP contribution >= 0.6 is 0 Å². The molecule has 1 heterocycles. The molecule has 1 fully saturated rings. The molecule has 0 aliphatic carbocycles. The molecule has 0 saturated carbocycles. The average Bonchev–Trinajstić information content (AvgIpc) is 2.06. The summed E-state index contributed by atoms with van der Waals surface area (Å²) in [5, 5.41) is 0. The fourth-order valence-electron chi connectivity index (χ4n) is 1.44. The molecule has 0 aromatic rings. The lowest BCUT2D eigenvalue weighted by Crippen LogP contribution is -2.22. The lowest BCUT2D eigenvalue weighted by atomic mass is 9.93. The van der Waals surface area contributed by atoms with Crippen molar-refractivity contribution in [3.05, 3.63) is 0 Å². The average molecular weight is 174 g/mol. The number of alkyl halides is 1. The Bertz CT molecular complexity index is 153. The number of halogens is 1. The number of Topliss-reactive ketones (excluding diaryl/α,β-unsaturated/α-hetero) is 1. The van der Waals surface area contributed by atoms with Crippen molar-refractivity contribution in [3.63, 3.8) is 0 Å². The number of hydrogen-bond donors (Lipinski definition) is 0. The van der Waals surface area contributed by atoms with Crippen LogP contribution in [0.5, 0.6) is 0 Å². The predicted octanol–water partition coefficient (Wildman–Crippen LogP) is 1.73. The molecule has 1 aliphatic rings. The molecule has 1 saturated heterocycles. The molecule has 1 atom stereocenters. The minimum absolute atomic E-state index is 0.345. The molecule has 3 heteroatoms. The first kappa shape index (κ1) is 9.65. The molecule has 1 unspecified atom stereocenters. The molecule has 2 nitrogen and oxygen atoms in total. The second kappa shape index (κ2) is 4.55. The number of carbonyl (C=O) groups excluding carboxylic acids is 1. The van der Waals surface area contributed by atoms with Gasteiger partial charge in [-0.2, -0.15) is 0 Å². The van der Waals surface area contributed by atoms with Gasteiger partial charge in [0.15, 0.2) is 12.0 Å². The topological polar surface area (TPSA) is 26.3 Å². The van der Waals surface area contributed by atoms with Crippen molar-refractivity contribution in [2.24, 2.45) is 5.92 Å². The van der Waals surface area contributed by atoms with Crippen LogP contribution in [0.2, 0.25) is 0 Å². The van der Waals surface area contributed by atoms with Gasteiger partial charge in [-0.25, -0.2) is 4.39 Å². The van der Waals surface area contributed by atoms with E-state index < -0.39 is 6.17 Å². The highest BCUT2D eigenvalue weighted by Gasteiger charge is 2.21. The number of rotatable bonds is 3. The lowest BCUT2D eigenvalue weighted by Gasteiger charge is -2.22. The van der Waals surface area contributed by atoms with Gasteiger partial charge in [-0.05, 0) is 32.1 Å². The molecule has 0 N–H and O–H groups in total. The van der Waals surface area contributed by atoms with Gasteiger partial charge in [0.1, 0.15) is 0 Å². The summed E-state index contributed by atoms with van der Waals surface area (Å²) < 4.78 is 18.1. The highest BCUT2D eigenvalue weighted by molar-refractivity contribution is 5.80. The van der Waals surface area contributed by atoms with Crippen molar-refractivity contribution in [2.45, 2.75) is 32.4 Å². The van der Waals surface area contributed by atoms with Crippen molar-refractivity contribution in [2.75, 3.05) is 13.2 Å². The van der Waals surface area contributed by atoms with Crippen LogP contribution < -0.4 is 0 Å². The van der Waals surface area contributed by atoms with Gasteiger partial charge in [0.25, 0.3) is 0 Å². The summed E-state index contributed by atoms with van der Waals surface area (Å²) in [6.07, 6.45) is 0.924. The Hall–Kier alpha value is -0.440. The van der Waals surface area contributed by atoms with E-state index in [4.69, 9.17) is 4.74 Å². The number of ether oxygens (including phenoxy) is 1. The van der Waals surface area contributed by atoms with E-state index in [1.54, 1.807) is 0 Å². The van der Waals surface area contributed by atoms with Crippen LogP contribution in [0.3, 0.4) is 0 Å². The third-order valence-electron chi connectivity index (χ3n) is 2.32. The van der Waals surface area contributed by atoms with Crippen LogP contribution in [0.4, 0.5) is 4.39 Å².